The highest BCUT2D eigenvalue weighted by molar-refractivity contribution is 5.75. The van der Waals surface area contributed by atoms with Crippen molar-refractivity contribution in [2.75, 3.05) is 5.73 Å². The number of imidazole rings is 1. The Hall–Kier alpha value is -3.48. The summed E-state index contributed by atoms with van der Waals surface area (Å²) in [6.45, 7) is 11.2. The van der Waals surface area contributed by atoms with E-state index in [2.05, 4.69) is 56.8 Å². The maximum atomic E-state index is 13.8. The molecule has 0 unspecified atom stereocenters. The van der Waals surface area contributed by atoms with E-state index < -0.39 is 11.4 Å². The van der Waals surface area contributed by atoms with Crippen molar-refractivity contribution in [1.82, 2.24) is 19.6 Å². The summed E-state index contributed by atoms with van der Waals surface area (Å²) in [5.41, 5.74) is 11.9. The van der Waals surface area contributed by atoms with Crippen molar-refractivity contribution >= 4 is 11.5 Å². The van der Waals surface area contributed by atoms with Crippen molar-refractivity contribution in [3.05, 3.63) is 69.4 Å². The maximum absolute atomic E-state index is 13.8. The Morgan fingerprint density at radius 3 is 2.61 bits per heavy atom. The third-order valence-corrected chi connectivity index (χ3v) is 6.73. The Morgan fingerprint density at radius 2 is 1.88 bits per heavy atom. The summed E-state index contributed by atoms with van der Waals surface area (Å²) in [5, 5.41) is 2.78. The Balaban J connectivity index is 1.72. The molecule has 0 radical (unpaired) electrons. The molecule has 0 saturated carbocycles. The van der Waals surface area contributed by atoms with Gasteiger partial charge in [0.2, 0.25) is 5.78 Å². The number of rotatable bonds is 2. The van der Waals surface area contributed by atoms with Gasteiger partial charge >= 0.3 is 0 Å². The first-order chi connectivity index (χ1) is 15.4. The number of H-pyrrole nitrogens is 1. The van der Waals surface area contributed by atoms with Crippen LogP contribution in [0, 0.1) is 5.82 Å². The van der Waals surface area contributed by atoms with Gasteiger partial charge in [-0.2, -0.15) is 0 Å². The molecule has 0 amide bonds. The first-order valence-electron chi connectivity index (χ1n) is 11.2. The molecule has 2 aromatic carbocycles. The Labute approximate surface area is 191 Å². The summed E-state index contributed by atoms with van der Waals surface area (Å²) in [5.74, 6) is -0.156. The molecule has 0 saturated heterocycles. The van der Waals surface area contributed by atoms with E-state index in [0.717, 1.165) is 24.1 Å². The number of nitrogen functional groups attached to an aromatic ring is 1. The van der Waals surface area contributed by atoms with Gasteiger partial charge in [0, 0.05) is 16.8 Å². The predicted molar refractivity (Wildman–Crippen MR) is 129 cm³/mol. The van der Waals surface area contributed by atoms with Gasteiger partial charge in [0.25, 0.3) is 5.56 Å². The second-order valence-electron chi connectivity index (χ2n) is 10.6. The predicted octanol–water partition coefficient (Wildman–Crippen LogP) is 4.99. The molecule has 0 spiro atoms. The molecule has 33 heavy (non-hydrogen) atoms. The van der Waals surface area contributed by atoms with Gasteiger partial charge in [0.1, 0.15) is 11.5 Å². The summed E-state index contributed by atoms with van der Waals surface area (Å²) in [6, 6.07) is 8.45. The highest BCUT2D eigenvalue weighted by Crippen LogP contribution is 2.44. The van der Waals surface area contributed by atoms with Crippen LogP contribution in [0.2, 0.25) is 0 Å². The average molecular weight is 446 g/mol. The first-order valence-corrected chi connectivity index (χ1v) is 11.2. The van der Waals surface area contributed by atoms with Gasteiger partial charge in [-0.15, -0.1) is 0 Å². The van der Waals surface area contributed by atoms with Gasteiger partial charge in [-0.1, -0.05) is 40.7 Å². The molecular weight excluding hydrogens is 417 g/mol. The lowest BCUT2D eigenvalue weighted by atomic mass is 9.79. The van der Waals surface area contributed by atoms with Crippen LogP contribution in [0.25, 0.3) is 28.3 Å². The van der Waals surface area contributed by atoms with Gasteiger partial charge in [0.05, 0.1) is 11.9 Å². The number of hydrogen-bond donors (Lipinski definition) is 2. The van der Waals surface area contributed by atoms with Crippen LogP contribution in [0.15, 0.2) is 41.3 Å². The first kappa shape index (κ1) is 21.4. The average Bonchev–Trinajstić information content (AvgIpc) is 3.28. The number of nitrogens with two attached hydrogens (primary N) is 1. The fourth-order valence-corrected chi connectivity index (χ4v) is 4.67. The number of fused-ring (bicyclic) bond motifs is 2. The fourth-order valence-electron chi connectivity index (χ4n) is 4.67. The second kappa shape index (κ2) is 7.01. The monoisotopic (exact) mass is 445 g/mol. The molecule has 1 aliphatic carbocycles. The van der Waals surface area contributed by atoms with Crippen LogP contribution in [0.4, 0.5) is 10.1 Å². The lowest BCUT2D eigenvalue weighted by Crippen LogP contribution is -2.16. The Kier molecular flexibility index (Phi) is 4.54. The summed E-state index contributed by atoms with van der Waals surface area (Å²) in [7, 11) is 0. The molecule has 170 valence electrons. The number of anilines is 1. The van der Waals surface area contributed by atoms with Crippen molar-refractivity contribution in [2.24, 2.45) is 0 Å². The van der Waals surface area contributed by atoms with Crippen LogP contribution in [0.3, 0.4) is 0 Å². The van der Waals surface area contributed by atoms with Crippen molar-refractivity contribution in [1.29, 1.82) is 0 Å². The largest absolute Gasteiger partial charge is 0.398 e. The summed E-state index contributed by atoms with van der Waals surface area (Å²) in [6.07, 6.45) is 3.86. The van der Waals surface area contributed by atoms with Crippen LogP contribution in [0.5, 0.6) is 0 Å². The number of aromatic nitrogens is 4. The Bertz CT molecular complexity index is 1470. The minimum atomic E-state index is -0.485. The zero-order valence-corrected chi connectivity index (χ0v) is 19.6. The standard InChI is InChI=1S/C26H28FN5O/c1-25(2,3)14-10-17(16-8-9-26(4,5)19(16)11-14)21-13-32-24(29-21)30-22(23(33)31-32)18-12-15(27)6-7-20(18)28/h6-7,10-13H,8-9,28H2,1-5H3,(H,31,33). The molecule has 4 aromatic rings. The zero-order chi connectivity index (χ0) is 23.7. The van der Waals surface area contributed by atoms with Crippen LogP contribution >= 0.6 is 0 Å². The molecular formula is C26H28FN5O. The molecule has 6 nitrogen and oxygen atoms in total. The lowest BCUT2D eigenvalue weighted by Gasteiger charge is -2.25. The number of aromatic amines is 1. The zero-order valence-electron chi connectivity index (χ0n) is 19.6. The number of nitrogens with zero attached hydrogens (tertiary/aromatic N) is 3. The van der Waals surface area contributed by atoms with Gasteiger partial charge < -0.3 is 5.73 Å². The smallest absolute Gasteiger partial charge is 0.289 e. The topological polar surface area (TPSA) is 89.1 Å². The van der Waals surface area contributed by atoms with Crippen LogP contribution < -0.4 is 11.3 Å². The molecule has 0 fully saturated rings. The number of hydrogen-bond acceptors (Lipinski definition) is 4. The fraction of sp³-hybridized carbons (Fsp3) is 0.346. The minimum absolute atomic E-state index is 0.0176. The molecule has 5 rings (SSSR count). The molecule has 1 aliphatic rings. The van der Waals surface area contributed by atoms with Crippen LogP contribution in [-0.2, 0) is 17.3 Å². The molecule has 0 atom stereocenters. The lowest BCUT2D eigenvalue weighted by molar-refractivity contribution is 0.519. The van der Waals surface area contributed by atoms with Crippen LogP contribution in [0.1, 0.15) is 57.7 Å². The van der Waals surface area contributed by atoms with E-state index in [1.807, 2.05) is 0 Å². The van der Waals surface area contributed by atoms with Gasteiger partial charge in [-0.25, -0.2) is 18.9 Å². The van der Waals surface area contributed by atoms with Gasteiger partial charge in [0.15, 0.2) is 0 Å². The third-order valence-electron chi connectivity index (χ3n) is 6.73. The molecule has 2 heterocycles. The van der Waals surface area contributed by atoms with E-state index in [9.17, 15) is 9.18 Å². The molecule has 7 heteroatoms. The molecule has 2 aromatic heterocycles. The molecule has 0 bridgehead atoms. The van der Waals surface area contributed by atoms with Crippen molar-refractivity contribution in [3.8, 4) is 22.5 Å². The third kappa shape index (κ3) is 3.52. The maximum Gasteiger partial charge on any atom is 0.289 e. The summed E-state index contributed by atoms with van der Waals surface area (Å²) >= 11 is 0. The molecule has 0 aliphatic heterocycles. The quantitative estimate of drug-likeness (QED) is 0.425. The van der Waals surface area contributed by atoms with Crippen molar-refractivity contribution in [3.63, 3.8) is 0 Å². The highest BCUT2D eigenvalue weighted by atomic mass is 19.1. The minimum Gasteiger partial charge on any atom is -0.398 e. The van der Waals surface area contributed by atoms with E-state index in [-0.39, 0.29) is 27.8 Å². The van der Waals surface area contributed by atoms with E-state index in [0.29, 0.717) is 5.78 Å². The normalized spacial score (nSPS) is 15.2. The van der Waals surface area contributed by atoms with Gasteiger partial charge in [-0.3, -0.25) is 9.89 Å². The summed E-state index contributed by atoms with van der Waals surface area (Å²) < 4.78 is 15.3. The summed E-state index contributed by atoms with van der Waals surface area (Å²) in [4.78, 5) is 22.0. The van der Waals surface area contributed by atoms with E-state index in [4.69, 9.17) is 10.7 Å². The number of nitrogens with one attached hydrogen (secondary N) is 1. The number of halogens is 1. The van der Waals surface area contributed by atoms with Crippen LogP contribution in [-0.4, -0.2) is 19.6 Å². The van der Waals surface area contributed by atoms with E-state index in [1.165, 1.54) is 39.4 Å². The van der Waals surface area contributed by atoms with E-state index >= 15 is 0 Å². The number of benzene rings is 2. The SMILES string of the molecule is CC(C)(C)c1cc(-c2cn3[nH]c(=O)c(-c4cc(F)ccc4N)nc3n2)c2c(c1)C(C)(C)CC2. The van der Waals surface area contributed by atoms with Gasteiger partial charge in [-0.05, 0) is 64.6 Å². The van der Waals surface area contributed by atoms with Crippen molar-refractivity contribution in [2.45, 2.75) is 58.3 Å². The van der Waals surface area contributed by atoms with E-state index in [1.54, 1.807) is 6.20 Å². The highest BCUT2D eigenvalue weighted by Gasteiger charge is 2.34. The Morgan fingerprint density at radius 1 is 1.12 bits per heavy atom. The molecule has 3 N–H and O–H groups in total. The second-order valence-corrected chi connectivity index (χ2v) is 10.6. The van der Waals surface area contributed by atoms with Crippen molar-refractivity contribution < 1.29 is 4.39 Å².